The third-order valence-corrected chi connectivity index (χ3v) is 7.37. The first-order chi connectivity index (χ1) is 18.9. The third kappa shape index (κ3) is 6.12. The lowest BCUT2D eigenvalue weighted by molar-refractivity contribution is 0.172. The Balaban J connectivity index is 1.48. The van der Waals surface area contributed by atoms with E-state index in [1.54, 1.807) is 16.8 Å². The Morgan fingerprint density at radius 1 is 0.974 bits per heavy atom. The summed E-state index contributed by atoms with van der Waals surface area (Å²) in [5.41, 5.74) is 5.93. The molecule has 3 aromatic carbocycles. The Kier molecular flexibility index (Phi) is 7.93. The summed E-state index contributed by atoms with van der Waals surface area (Å²) in [5.74, 6) is 0.443. The van der Waals surface area contributed by atoms with Gasteiger partial charge in [-0.2, -0.15) is 0 Å². The van der Waals surface area contributed by atoms with Crippen LogP contribution in [0.25, 0.3) is 10.9 Å². The van der Waals surface area contributed by atoms with Crippen molar-refractivity contribution >= 4 is 10.9 Å². The maximum Gasteiger partial charge on any atom is 0.252 e. The molecule has 200 valence electrons. The number of hydrogen-bond acceptors (Lipinski definition) is 5. The van der Waals surface area contributed by atoms with Crippen LogP contribution in [0, 0.1) is 19.7 Å². The molecule has 0 aliphatic rings. The SMILES string of the molecule is CCC(c1nnnn1Cc1ccc(F)cc1)N(CCc1ccccc1)Cc1cc2cc(C)c(C)cc2[nH]c1=O. The van der Waals surface area contributed by atoms with Crippen LogP contribution >= 0.6 is 0 Å². The number of halogens is 1. The fourth-order valence-electron chi connectivity index (χ4n) is 5.05. The smallest absolute Gasteiger partial charge is 0.252 e. The minimum absolute atomic E-state index is 0.0868. The maximum absolute atomic E-state index is 13.5. The first-order valence-electron chi connectivity index (χ1n) is 13.3. The van der Waals surface area contributed by atoms with Crippen LogP contribution in [0.3, 0.4) is 0 Å². The Morgan fingerprint density at radius 3 is 2.46 bits per heavy atom. The molecule has 0 spiro atoms. The number of benzene rings is 3. The molecule has 7 nitrogen and oxygen atoms in total. The molecular weight excluding hydrogens is 491 g/mol. The topological polar surface area (TPSA) is 79.7 Å². The fourth-order valence-corrected chi connectivity index (χ4v) is 5.05. The zero-order valence-electron chi connectivity index (χ0n) is 22.6. The molecule has 2 aromatic heterocycles. The van der Waals surface area contributed by atoms with Crippen LogP contribution in [0.15, 0.2) is 77.6 Å². The van der Waals surface area contributed by atoms with E-state index in [-0.39, 0.29) is 17.4 Å². The highest BCUT2D eigenvalue weighted by atomic mass is 19.1. The van der Waals surface area contributed by atoms with Gasteiger partial charge < -0.3 is 4.98 Å². The maximum atomic E-state index is 13.5. The number of aromatic nitrogens is 5. The third-order valence-electron chi connectivity index (χ3n) is 7.37. The van der Waals surface area contributed by atoms with Gasteiger partial charge in [0, 0.05) is 24.2 Å². The van der Waals surface area contributed by atoms with Crippen molar-refractivity contribution in [1.29, 1.82) is 0 Å². The van der Waals surface area contributed by atoms with E-state index in [1.807, 2.05) is 37.3 Å². The number of fused-ring (bicyclic) bond motifs is 1. The van der Waals surface area contributed by atoms with E-state index in [1.165, 1.54) is 23.3 Å². The molecule has 0 saturated heterocycles. The van der Waals surface area contributed by atoms with Crippen LogP contribution in [-0.4, -0.2) is 36.6 Å². The summed E-state index contributed by atoms with van der Waals surface area (Å²) >= 11 is 0. The Labute approximate surface area is 227 Å². The molecule has 5 aromatic rings. The van der Waals surface area contributed by atoms with E-state index in [2.05, 4.69) is 57.5 Å². The van der Waals surface area contributed by atoms with Gasteiger partial charge in [0.25, 0.3) is 5.56 Å². The number of H-pyrrole nitrogens is 1. The highest BCUT2D eigenvalue weighted by molar-refractivity contribution is 5.80. The van der Waals surface area contributed by atoms with Crippen molar-refractivity contribution in [2.45, 2.75) is 52.7 Å². The number of pyridine rings is 1. The molecule has 39 heavy (non-hydrogen) atoms. The molecule has 1 N–H and O–H groups in total. The van der Waals surface area contributed by atoms with Crippen molar-refractivity contribution in [3.8, 4) is 0 Å². The van der Waals surface area contributed by atoms with Gasteiger partial charge in [0.05, 0.1) is 12.6 Å². The fraction of sp³-hybridized carbons (Fsp3) is 0.290. The summed E-state index contributed by atoms with van der Waals surface area (Å²) in [6.45, 7) is 7.84. The minimum Gasteiger partial charge on any atom is -0.322 e. The van der Waals surface area contributed by atoms with Gasteiger partial charge in [-0.3, -0.25) is 9.69 Å². The zero-order chi connectivity index (χ0) is 27.4. The van der Waals surface area contributed by atoms with Crippen LogP contribution in [0.2, 0.25) is 0 Å². The van der Waals surface area contributed by atoms with Crippen LogP contribution in [0.4, 0.5) is 4.39 Å². The second-order valence-electron chi connectivity index (χ2n) is 10.1. The molecule has 0 fully saturated rings. The van der Waals surface area contributed by atoms with E-state index in [0.29, 0.717) is 18.7 Å². The van der Waals surface area contributed by atoms with Crippen molar-refractivity contribution in [2.24, 2.45) is 0 Å². The van der Waals surface area contributed by atoms with Crippen molar-refractivity contribution in [3.63, 3.8) is 0 Å². The monoisotopic (exact) mass is 524 g/mol. The van der Waals surface area contributed by atoms with Crippen molar-refractivity contribution in [3.05, 3.63) is 123 Å². The average Bonchev–Trinajstić information content (AvgIpc) is 3.38. The van der Waals surface area contributed by atoms with Gasteiger partial charge >= 0.3 is 0 Å². The van der Waals surface area contributed by atoms with E-state index in [0.717, 1.165) is 47.2 Å². The summed E-state index contributed by atoms with van der Waals surface area (Å²) < 4.78 is 15.2. The first-order valence-corrected chi connectivity index (χ1v) is 13.3. The summed E-state index contributed by atoms with van der Waals surface area (Å²) in [7, 11) is 0. The molecule has 5 rings (SSSR count). The number of nitrogens with one attached hydrogen (secondary N) is 1. The van der Waals surface area contributed by atoms with Crippen LogP contribution in [0.1, 0.15) is 53.0 Å². The molecule has 1 atom stereocenters. The highest BCUT2D eigenvalue weighted by Crippen LogP contribution is 2.26. The predicted molar refractivity (Wildman–Crippen MR) is 151 cm³/mol. The van der Waals surface area contributed by atoms with Crippen molar-refractivity contribution in [1.82, 2.24) is 30.1 Å². The van der Waals surface area contributed by atoms with Crippen LogP contribution < -0.4 is 5.56 Å². The summed E-state index contributed by atoms with van der Waals surface area (Å²) in [4.78, 5) is 18.6. The lowest BCUT2D eigenvalue weighted by Gasteiger charge is -2.30. The summed E-state index contributed by atoms with van der Waals surface area (Å²) in [5, 5.41) is 13.7. The molecule has 0 saturated carbocycles. The van der Waals surface area contributed by atoms with E-state index in [9.17, 15) is 9.18 Å². The largest absolute Gasteiger partial charge is 0.322 e. The first kappa shape index (κ1) is 26.4. The molecular formula is C31H33FN6O. The second-order valence-corrected chi connectivity index (χ2v) is 10.1. The molecule has 0 aliphatic carbocycles. The number of aromatic amines is 1. The second kappa shape index (κ2) is 11.7. The molecule has 0 aliphatic heterocycles. The Hall–Kier alpha value is -4.17. The van der Waals surface area contributed by atoms with Gasteiger partial charge in [-0.05, 0) is 95.1 Å². The van der Waals surface area contributed by atoms with Gasteiger partial charge in [0.15, 0.2) is 5.82 Å². The van der Waals surface area contributed by atoms with E-state index >= 15 is 0 Å². The number of hydrogen-bond donors (Lipinski definition) is 1. The average molecular weight is 525 g/mol. The summed E-state index contributed by atoms with van der Waals surface area (Å²) in [6.07, 6.45) is 1.57. The van der Waals surface area contributed by atoms with Crippen molar-refractivity contribution < 1.29 is 4.39 Å². The lowest BCUT2D eigenvalue weighted by Crippen LogP contribution is -2.34. The molecule has 0 bridgehead atoms. The van der Waals surface area contributed by atoms with Gasteiger partial charge in [-0.1, -0.05) is 49.4 Å². The van der Waals surface area contributed by atoms with Crippen molar-refractivity contribution in [2.75, 3.05) is 6.54 Å². The summed E-state index contributed by atoms with van der Waals surface area (Å²) in [6, 6.07) is 22.7. The van der Waals surface area contributed by atoms with E-state index < -0.39 is 0 Å². The number of rotatable bonds is 10. The normalized spacial score (nSPS) is 12.3. The molecule has 2 heterocycles. The van der Waals surface area contributed by atoms with Gasteiger partial charge in [0.1, 0.15) is 5.82 Å². The van der Waals surface area contributed by atoms with Gasteiger partial charge in [-0.25, -0.2) is 9.07 Å². The predicted octanol–water partition coefficient (Wildman–Crippen LogP) is 5.51. The van der Waals surface area contributed by atoms with Crippen LogP contribution in [-0.2, 0) is 19.5 Å². The molecule has 1 unspecified atom stereocenters. The van der Waals surface area contributed by atoms with Crippen LogP contribution in [0.5, 0.6) is 0 Å². The molecule has 0 amide bonds. The molecule has 0 radical (unpaired) electrons. The Morgan fingerprint density at radius 2 is 1.72 bits per heavy atom. The quantitative estimate of drug-likeness (QED) is 0.260. The zero-order valence-corrected chi connectivity index (χ0v) is 22.6. The van der Waals surface area contributed by atoms with Gasteiger partial charge in [-0.15, -0.1) is 5.10 Å². The molecule has 8 heteroatoms. The number of nitrogens with zero attached hydrogens (tertiary/aromatic N) is 5. The van der Waals surface area contributed by atoms with E-state index in [4.69, 9.17) is 0 Å². The lowest BCUT2D eigenvalue weighted by atomic mass is 10.0. The minimum atomic E-state index is -0.278. The Bertz CT molecular complexity index is 1610. The highest BCUT2D eigenvalue weighted by Gasteiger charge is 2.26. The van der Waals surface area contributed by atoms with Gasteiger partial charge in [0.2, 0.25) is 0 Å². The standard InChI is InChI=1S/C31H33FN6O/c1-4-29(30-34-35-36-38(30)19-24-10-12-27(32)13-11-24)37(15-14-23-8-6-5-7-9-23)20-26-18-25-16-21(2)22(3)17-28(25)33-31(26)39/h5-13,16-18,29H,4,14-15,19-20H2,1-3H3,(H,33,39). The number of aryl methyl sites for hydroxylation is 2. The number of tetrazole rings is 1.